The van der Waals surface area contributed by atoms with Crippen LogP contribution in [0.2, 0.25) is 0 Å². The van der Waals surface area contributed by atoms with Crippen molar-refractivity contribution < 1.29 is 19.4 Å². The van der Waals surface area contributed by atoms with Gasteiger partial charge in [-0.1, -0.05) is 36.4 Å². The minimum atomic E-state index is -1.04. The number of hydrogen-bond donors (Lipinski definition) is 2. The first-order valence-electron chi connectivity index (χ1n) is 7.13. The van der Waals surface area contributed by atoms with Gasteiger partial charge in [0, 0.05) is 12.0 Å². The maximum atomic E-state index is 10.8. The lowest BCUT2D eigenvalue weighted by Crippen LogP contribution is -2.42. The first-order valence-corrected chi connectivity index (χ1v) is 7.13. The van der Waals surface area contributed by atoms with Crippen LogP contribution < -0.4 is 14.8 Å². The third-order valence-electron chi connectivity index (χ3n) is 3.55. The van der Waals surface area contributed by atoms with E-state index >= 15 is 0 Å². The average Bonchev–Trinajstić information content (AvgIpc) is 2.53. The molecule has 0 fully saturated rings. The van der Waals surface area contributed by atoms with Crippen molar-refractivity contribution >= 4 is 6.09 Å². The summed E-state index contributed by atoms with van der Waals surface area (Å²) in [6.45, 7) is 0.801. The molecule has 3 rings (SSSR count). The summed E-state index contributed by atoms with van der Waals surface area (Å²) in [5.74, 6) is 1.49. The minimum Gasteiger partial charge on any atom is -0.491 e. The van der Waals surface area contributed by atoms with Crippen LogP contribution in [0.5, 0.6) is 11.5 Å². The van der Waals surface area contributed by atoms with E-state index in [0.717, 1.165) is 22.6 Å². The molecule has 0 bridgehead atoms. The summed E-state index contributed by atoms with van der Waals surface area (Å²) in [5, 5.41) is 11.3. The lowest BCUT2D eigenvalue weighted by atomic mass is 10.0. The van der Waals surface area contributed by atoms with E-state index in [-0.39, 0.29) is 6.04 Å². The molecule has 1 unspecified atom stereocenters. The van der Waals surface area contributed by atoms with E-state index in [1.807, 2.05) is 48.5 Å². The van der Waals surface area contributed by atoms with Crippen LogP contribution in [0.3, 0.4) is 0 Å². The maximum Gasteiger partial charge on any atom is 0.405 e. The SMILES string of the molecule is O=C(O)NC1COc2cccc(OCc3ccccc3)c2C1. The minimum absolute atomic E-state index is 0.258. The van der Waals surface area contributed by atoms with E-state index in [2.05, 4.69) is 5.32 Å². The van der Waals surface area contributed by atoms with Crippen molar-refractivity contribution in [3.05, 3.63) is 59.7 Å². The second-order valence-electron chi connectivity index (χ2n) is 5.17. The van der Waals surface area contributed by atoms with Gasteiger partial charge in [0.05, 0.1) is 6.04 Å². The molecule has 1 aliphatic rings. The maximum absolute atomic E-state index is 10.8. The molecule has 114 valence electrons. The molecule has 0 aromatic heterocycles. The zero-order valence-corrected chi connectivity index (χ0v) is 12.0. The monoisotopic (exact) mass is 299 g/mol. The molecule has 0 saturated carbocycles. The summed E-state index contributed by atoms with van der Waals surface area (Å²) < 4.78 is 11.5. The fraction of sp³-hybridized carbons (Fsp3) is 0.235. The van der Waals surface area contributed by atoms with Crippen LogP contribution in [-0.4, -0.2) is 23.8 Å². The standard InChI is InChI=1S/C17H17NO4/c19-17(20)18-13-9-14-15(7-4-8-16(14)22-11-13)21-10-12-5-2-1-3-6-12/h1-8,13,18H,9-11H2,(H,19,20). The zero-order valence-electron chi connectivity index (χ0n) is 12.0. The number of carboxylic acid groups (broad SMARTS) is 1. The van der Waals surface area contributed by atoms with Gasteiger partial charge in [0.25, 0.3) is 0 Å². The highest BCUT2D eigenvalue weighted by Crippen LogP contribution is 2.33. The van der Waals surface area contributed by atoms with Gasteiger partial charge >= 0.3 is 6.09 Å². The topological polar surface area (TPSA) is 67.8 Å². The number of amides is 1. The Morgan fingerprint density at radius 2 is 2.05 bits per heavy atom. The van der Waals surface area contributed by atoms with Crippen LogP contribution >= 0.6 is 0 Å². The molecule has 1 atom stereocenters. The number of rotatable bonds is 4. The molecule has 1 aliphatic heterocycles. The summed E-state index contributed by atoms with van der Waals surface area (Å²) in [6.07, 6.45) is -0.480. The van der Waals surface area contributed by atoms with E-state index < -0.39 is 6.09 Å². The van der Waals surface area contributed by atoms with Crippen molar-refractivity contribution in [3.63, 3.8) is 0 Å². The predicted octanol–water partition coefficient (Wildman–Crippen LogP) is 2.84. The second kappa shape index (κ2) is 6.39. The van der Waals surface area contributed by atoms with E-state index in [0.29, 0.717) is 19.6 Å². The third kappa shape index (κ3) is 3.31. The van der Waals surface area contributed by atoms with Crippen LogP contribution in [0.4, 0.5) is 4.79 Å². The second-order valence-corrected chi connectivity index (χ2v) is 5.17. The number of hydrogen-bond acceptors (Lipinski definition) is 3. The van der Waals surface area contributed by atoms with Crippen LogP contribution in [0.1, 0.15) is 11.1 Å². The normalized spacial score (nSPS) is 16.3. The van der Waals surface area contributed by atoms with Gasteiger partial charge in [-0.2, -0.15) is 0 Å². The number of carbonyl (C=O) groups is 1. The highest BCUT2D eigenvalue weighted by Gasteiger charge is 2.24. The van der Waals surface area contributed by atoms with Gasteiger partial charge in [0.15, 0.2) is 0 Å². The number of ether oxygens (including phenoxy) is 2. The molecule has 5 nitrogen and oxygen atoms in total. The Morgan fingerprint density at radius 1 is 1.23 bits per heavy atom. The lowest BCUT2D eigenvalue weighted by molar-refractivity contribution is 0.175. The van der Waals surface area contributed by atoms with E-state index in [9.17, 15) is 4.79 Å². The molecular formula is C17H17NO4. The van der Waals surface area contributed by atoms with Gasteiger partial charge in [0.2, 0.25) is 0 Å². The molecule has 2 aromatic carbocycles. The molecule has 1 amide bonds. The van der Waals surface area contributed by atoms with Crippen molar-refractivity contribution in [2.24, 2.45) is 0 Å². The first kappa shape index (κ1) is 14.3. The zero-order chi connectivity index (χ0) is 15.4. The van der Waals surface area contributed by atoms with E-state index in [1.165, 1.54) is 0 Å². The molecule has 22 heavy (non-hydrogen) atoms. The highest BCUT2D eigenvalue weighted by molar-refractivity contribution is 5.65. The predicted molar refractivity (Wildman–Crippen MR) is 81.4 cm³/mol. The lowest BCUT2D eigenvalue weighted by Gasteiger charge is -2.26. The molecule has 2 aromatic rings. The van der Waals surface area contributed by atoms with Crippen LogP contribution in [-0.2, 0) is 13.0 Å². The van der Waals surface area contributed by atoms with Crippen LogP contribution in [0, 0.1) is 0 Å². The Hall–Kier alpha value is -2.69. The van der Waals surface area contributed by atoms with Gasteiger partial charge in [-0.3, -0.25) is 0 Å². The van der Waals surface area contributed by atoms with Crippen molar-refractivity contribution in [2.75, 3.05) is 6.61 Å². The van der Waals surface area contributed by atoms with Gasteiger partial charge in [0.1, 0.15) is 24.7 Å². The van der Waals surface area contributed by atoms with Crippen LogP contribution in [0.15, 0.2) is 48.5 Å². The fourth-order valence-electron chi connectivity index (χ4n) is 2.52. The average molecular weight is 299 g/mol. The highest BCUT2D eigenvalue weighted by atomic mass is 16.5. The number of benzene rings is 2. The summed E-state index contributed by atoms with van der Waals surface area (Å²) in [5.41, 5.74) is 1.99. The Kier molecular flexibility index (Phi) is 4.14. The Bertz CT molecular complexity index is 657. The molecule has 0 radical (unpaired) electrons. The Morgan fingerprint density at radius 3 is 2.82 bits per heavy atom. The molecule has 1 heterocycles. The van der Waals surface area contributed by atoms with Crippen molar-refractivity contribution in [1.29, 1.82) is 0 Å². The third-order valence-corrected chi connectivity index (χ3v) is 3.55. The molecule has 0 aliphatic carbocycles. The van der Waals surface area contributed by atoms with Gasteiger partial charge < -0.3 is 19.9 Å². The Balaban J connectivity index is 1.74. The molecule has 0 saturated heterocycles. The van der Waals surface area contributed by atoms with Crippen molar-refractivity contribution in [2.45, 2.75) is 19.1 Å². The molecule has 5 heteroatoms. The largest absolute Gasteiger partial charge is 0.491 e. The first-order chi connectivity index (χ1) is 10.7. The van der Waals surface area contributed by atoms with Crippen molar-refractivity contribution in [1.82, 2.24) is 5.32 Å². The van der Waals surface area contributed by atoms with E-state index in [1.54, 1.807) is 0 Å². The number of fused-ring (bicyclic) bond motifs is 1. The summed E-state index contributed by atoms with van der Waals surface area (Å²) >= 11 is 0. The summed E-state index contributed by atoms with van der Waals surface area (Å²) in [4.78, 5) is 10.8. The Labute approximate surface area is 128 Å². The molecule has 0 spiro atoms. The van der Waals surface area contributed by atoms with Gasteiger partial charge in [-0.25, -0.2) is 4.79 Å². The van der Waals surface area contributed by atoms with Gasteiger partial charge in [-0.05, 0) is 17.7 Å². The molecular weight excluding hydrogens is 282 g/mol. The smallest absolute Gasteiger partial charge is 0.405 e. The van der Waals surface area contributed by atoms with E-state index in [4.69, 9.17) is 14.6 Å². The summed E-state index contributed by atoms with van der Waals surface area (Å²) in [7, 11) is 0. The fourth-order valence-corrected chi connectivity index (χ4v) is 2.52. The molecule has 2 N–H and O–H groups in total. The van der Waals surface area contributed by atoms with Gasteiger partial charge in [-0.15, -0.1) is 0 Å². The van der Waals surface area contributed by atoms with Crippen LogP contribution in [0.25, 0.3) is 0 Å². The number of nitrogens with one attached hydrogen (secondary N) is 1. The quantitative estimate of drug-likeness (QED) is 0.911. The summed E-state index contributed by atoms with van der Waals surface area (Å²) in [6, 6.07) is 15.3. The van der Waals surface area contributed by atoms with Crippen molar-refractivity contribution in [3.8, 4) is 11.5 Å².